The lowest BCUT2D eigenvalue weighted by Gasteiger charge is -2.41. The minimum Gasteiger partial charge on any atom is -0.492 e. The Balaban J connectivity index is 1.33. The van der Waals surface area contributed by atoms with Gasteiger partial charge in [0.25, 0.3) is 5.91 Å². The van der Waals surface area contributed by atoms with E-state index in [0.717, 1.165) is 67.9 Å². The third-order valence-electron chi connectivity index (χ3n) is 7.54. The van der Waals surface area contributed by atoms with Crippen LogP contribution in [0.2, 0.25) is 0 Å². The summed E-state index contributed by atoms with van der Waals surface area (Å²) in [4.78, 5) is 17.9. The van der Waals surface area contributed by atoms with Gasteiger partial charge in [0.1, 0.15) is 18.2 Å². The predicted molar refractivity (Wildman–Crippen MR) is 146 cm³/mol. The van der Waals surface area contributed by atoms with Gasteiger partial charge < -0.3 is 19.7 Å². The fourth-order valence-corrected chi connectivity index (χ4v) is 5.59. The van der Waals surface area contributed by atoms with E-state index < -0.39 is 5.82 Å². The van der Waals surface area contributed by atoms with Gasteiger partial charge in [0.15, 0.2) is 0 Å². The highest BCUT2D eigenvalue weighted by Crippen LogP contribution is 2.33. The first-order valence-corrected chi connectivity index (χ1v) is 13.3. The molecular weight excluding hydrogens is 469 g/mol. The fraction of sp³-hybridized carbons (Fsp3) is 0.433. The van der Waals surface area contributed by atoms with Gasteiger partial charge >= 0.3 is 0 Å². The number of carbonyl (C=O) groups is 1. The molecule has 2 aliphatic rings. The van der Waals surface area contributed by atoms with Crippen LogP contribution >= 0.6 is 0 Å². The average Bonchev–Trinajstić information content (AvgIpc) is 2.90. The smallest absolute Gasteiger partial charge is 0.255 e. The number of nitrogens with one attached hydrogen (secondary N) is 1. The molecule has 0 bridgehead atoms. The third kappa shape index (κ3) is 5.89. The predicted octanol–water partition coefficient (Wildman–Crippen LogP) is 5.71. The van der Waals surface area contributed by atoms with Gasteiger partial charge in [-0.1, -0.05) is 24.3 Å². The molecule has 196 valence electrons. The van der Waals surface area contributed by atoms with Gasteiger partial charge in [0, 0.05) is 59.4 Å². The summed E-state index contributed by atoms with van der Waals surface area (Å²) in [6.45, 7) is 9.12. The van der Waals surface area contributed by atoms with Gasteiger partial charge in [-0.15, -0.1) is 0 Å². The number of hydrogen-bond donors (Lipinski definition) is 1. The first kappa shape index (κ1) is 25.5. The summed E-state index contributed by atoms with van der Waals surface area (Å²) >= 11 is 0. The van der Waals surface area contributed by atoms with E-state index in [0.29, 0.717) is 29.9 Å². The lowest BCUT2D eigenvalue weighted by atomic mass is 9.96. The summed E-state index contributed by atoms with van der Waals surface area (Å²) < 4.78 is 26.2. The van der Waals surface area contributed by atoms with Gasteiger partial charge in [-0.05, 0) is 63.4 Å². The number of morpholine rings is 1. The molecule has 2 atom stereocenters. The monoisotopic (exact) mass is 505 g/mol. The average molecular weight is 506 g/mol. The van der Waals surface area contributed by atoms with Crippen LogP contribution in [0, 0.1) is 5.82 Å². The van der Waals surface area contributed by atoms with E-state index in [2.05, 4.69) is 29.0 Å². The molecule has 2 fully saturated rings. The number of halogens is 1. The summed E-state index contributed by atoms with van der Waals surface area (Å²) in [5.41, 5.74) is 1.75. The van der Waals surface area contributed by atoms with E-state index in [1.165, 1.54) is 18.6 Å². The lowest BCUT2D eigenvalue weighted by molar-refractivity contribution is 0.0323. The van der Waals surface area contributed by atoms with E-state index in [4.69, 9.17) is 9.47 Å². The van der Waals surface area contributed by atoms with Crippen molar-refractivity contribution in [1.29, 1.82) is 0 Å². The Labute approximate surface area is 218 Å². The molecule has 0 spiro atoms. The second-order valence-electron chi connectivity index (χ2n) is 10.1. The molecule has 0 saturated carbocycles. The molecule has 3 aromatic carbocycles. The highest BCUT2D eigenvalue weighted by molar-refractivity contribution is 6.10. The molecule has 1 amide bonds. The molecule has 6 nitrogen and oxygen atoms in total. The Bertz CT molecular complexity index is 1230. The molecule has 0 aromatic heterocycles. The lowest BCUT2D eigenvalue weighted by Crippen LogP contribution is -2.44. The second-order valence-corrected chi connectivity index (χ2v) is 10.1. The van der Waals surface area contributed by atoms with Gasteiger partial charge in [0.2, 0.25) is 0 Å². The van der Waals surface area contributed by atoms with Crippen molar-refractivity contribution in [3.63, 3.8) is 0 Å². The molecule has 2 heterocycles. The van der Waals surface area contributed by atoms with Crippen molar-refractivity contribution < 1.29 is 18.7 Å². The van der Waals surface area contributed by atoms with Crippen LogP contribution in [0.25, 0.3) is 10.8 Å². The molecule has 5 rings (SSSR count). The highest BCUT2D eigenvalue weighted by Gasteiger charge is 2.26. The zero-order valence-corrected chi connectivity index (χ0v) is 21.7. The Morgan fingerprint density at radius 2 is 1.76 bits per heavy atom. The Morgan fingerprint density at radius 1 is 1.03 bits per heavy atom. The maximum atomic E-state index is 14.7. The van der Waals surface area contributed by atoms with Crippen LogP contribution in [0.3, 0.4) is 0 Å². The Kier molecular flexibility index (Phi) is 7.91. The number of piperidine rings is 1. The zero-order chi connectivity index (χ0) is 25.8. The van der Waals surface area contributed by atoms with Gasteiger partial charge in [-0.3, -0.25) is 9.69 Å². The maximum absolute atomic E-state index is 14.7. The fourth-order valence-electron chi connectivity index (χ4n) is 5.59. The van der Waals surface area contributed by atoms with Crippen LogP contribution in [0.1, 0.15) is 43.5 Å². The molecule has 0 radical (unpaired) electrons. The van der Waals surface area contributed by atoms with Gasteiger partial charge in [0.05, 0.1) is 13.2 Å². The molecule has 0 aliphatic carbocycles. The van der Waals surface area contributed by atoms with Crippen LogP contribution in [-0.2, 0) is 4.74 Å². The largest absolute Gasteiger partial charge is 0.492 e. The molecule has 2 saturated heterocycles. The number of rotatable bonds is 7. The first-order valence-electron chi connectivity index (χ1n) is 13.3. The topological polar surface area (TPSA) is 54.0 Å². The minimum absolute atomic E-state index is 0.307. The van der Waals surface area contributed by atoms with Gasteiger partial charge in [-0.25, -0.2) is 4.39 Å². The maximum Gasteiger partial charge on any atom is 0.255 e. The molecular formula is C30H36FN3O3. The summed E-state index contributed by atoms with van der Waals surface area (Å²) in [5, 5.41) is 4.83. The summed E-state index contributed by atoms with van der Waals surface area (Å²) in [5.74, 6) is 0.0497. The number of hydrogen-bond acceptors (Lipinski definition) is 5. The summed E-state index contributed by atoms with van der Waals surface area (Å²) in [6.07, 6.45) is 3.30. The summed E-state index contributed by atoms with van der Waals surface area (Å²) in [6, 6.07) is 16.9. The van der Waals surface area contributed by atoms with Crippen molar-refractivity contribution in [3.8, 4) is 5.75 Å². The molecule has 1 N–H and O–H groups in total. The van der Waals surface area contributed by atoms with Crippen molar-refractivity contribution in [3.05, 3.63) is 66.0 Å². The van der Waals surface area contributed by atoms with E-state index in [1.807, 2.05) is 42.5 Å². The number of anilines is 2. The number of ether oxygens (including phenoxy) is 2. The van der Waals surface area contributed by atoms with E-state index >= 15 is 0 Å². The van der Waals surface area contributed by atoms with Crippen LogP contribution in [-0.4, -0.2) is 62.3 Å². The van der Waals surface area contributed by atoms with Crippen LogP contribution in [0.5, 0.6) is 5.75 Å². The quantitative estimate of drug-likeness (QED) is 0.446. The SMILES string of the molecule is C[C@@H]1CCC[C@H](C)N1c1cc(F)cc(C(=O)Nc2ccc(OCCN3CCOCC3)c3ccccc23)c1. The Morgan fingerprint density at radius 3 is 2.51 bits per heavy atom. The highest BCUT2D eigenvalue weighted by atomic mass is 19.1. The van der Waals surface area contributed by atoms with E-state index in [-0.39, 0.29) is 5.91 Å². The zero-order valence-electron chi connectivity index (χ0n) is 21.7. The van der Waals surface area contributed by atoms with Crippen LogP contribution < -0.4 is 15.0 Å². The van der Waals surface area contributed by atoms with Crippen molar-refractivity contribution in [1.82, 2.24) is 4.90 Å². The van der Waals surface area contributed by atoms with Gasteiger partial charge in [-0.2, -0.15) is 0 Å². The van der Waals surface area contributed by atoms with Crippen LogP contribution in [0.15, 0.2) is 54.6 Å². The summed E-state index contributed by atoms with van der Waals surface area (Å²) in [7, 11) is 0. The normalized spacial score (nSPS) is 20.7. The van der Waals surface area contributed by atoms with E-state index in [1.54, 1.807) is 0 Å². The van der Waals surface area contributed by atoms with Crippen molar-refractivity contribution in [2.75, 3.05) is 49.7 Å². The number of benzene rings is 3. The molecule has 2 aliphatic heterocycles. The number of carbonyl (C=O) groups excluding carboxylic acids is 1. The molecule has 0 unspecified atom stereocenters. The third-order valence-corrected chi connectivity index (χ3v) is 7.54. The van der Waals surface area contributed by atoms with Crippen molar-refractivity contribution in [2.24, 2.45) is 0 Å². The Hall–Kier alpha value is -3.16. The standard InChI is InChI=1S/C30H36FN3O3/c1-21-6-5-7-22(2)34(21)25-19-23(18-24(31)20-25)30(35)32-28-10-11-29(27-9-4-3-8-26(27)28)37-17-14-33-12-15-36-16-13-33/h3-4,8-11,18-22H,5-7,12-17H2,1-2H3,(H,32,35)/t21-,22+. The second kappa shape index (κ2) is 11.5. The molecule has 37 heavy (non-hydrogen) atoms. The first-order chi connectivity index (χ1) is 18.0. The number of nitrogens with zero attached hydrogens (tertiary/aromatic N) is 2. The minimum atomic E-state index is -0.401. The molecule has 7 heteroatoms. The number of amides is 1. The van der Waals surface area contributed by atoms with Crippen LogP contribution in [0.4, 0.5) is 15.8 Å². The number of fused-ring (bicyclic) bond motifs is 1. The van der Waals surface area contributed by atoms with Crippen molar-refractivity contribution >= 4 is 28.1 Å². The molecule has 3 aromatic rings. The van der Waals surface area contributed by atoms with Crippen molar-refractivity contribution in [2.45, 2.75) is 45.2 Å². The van der Waals surface area contributed by atoms with E-state index in [9.17, 15) is 9.18 Å².